The first-order valence-corrected chi connectivity index (χ1v) is 9.81. The van der Waals surface area contributed by atoms with Crippen LogP contribution in [-0.4, -0.2) is 42.6 Å². The van der Waals surface area contributed by atoms with Gasteiger partial charge in [0.1, 0.15) is 17.5 Å². The summed E-state index contributed by atoms with van der Waals surface area (Å²) in [5.74, 6) is 0.553. The van der Waals surface area contributed by atoms with Gasteiger partial charge in [0.25, 0.3) is 0 Å². The van der Waals surface area contributed by atoms with E-state index in [1.54, 1.807) is 61.5 Å². The van der Waals surface area contributed by atoms with Crippen LogP contribution < -0.4 is 4.74 Å². The largest absolute Gasteiger partial charge is 0.487 e. The molecular weight excluding hydrogens is 362 g/mol. The van der Waals surface area contributed by atoms with E-state index < -0.39 is 21.7 Å². The lowest BCUT2D eigenvalue weighted by Gasteiger charge is -2.41. The molecule has 0 bridgehead atoms. The minimum atomic E-state index is -3.64. The first kappa shape index (κ1) is 18.2. The average Bonchev–Trinajstić information content (AvgIpc) is 2.57. The fourth-order valence-electron chi connectivity index (χ4n) is 2.95. The molecule has 134 valence electrons. The summed E-state index contributed by atoms with van der Waals surface area (Å²) in [5, 5.41) is 11.3. The molecule has 25 heavy (non-hydrogen) atoms. The third-order valence-electron chi connectivity index (χ3n) is 4.29. The van der Waals surface area contributed by atoms with Crippen LogP contribution in [0.5, 0.6) is 5.75 Å². The molecule has 0 saturated carbocycles. The lowest BCUT2D eigenvalue weighted by molar-refractivity contribution is -0.0814. The SMILES string of the molecule is C[C@]1(O)CN(S(=O)(=O)c2ccccc2)CC[C@@H]1Oc1cccc(Cl)c1. The molecule has 1 fully saturated rings. The van der Waals surface area contributed by atoms with Gasteiger partial charge in [-0.2, -0.15) is 4.31 Å². The fraction of sp³-hybridized carbons (Fsp3) is 0.333. The smallest absolute Gasteiger partial charge is 0.243 e. The van der Waals surface area contributed by atoms with E-state index in [-0.39, 0.29) is 18.0 Å². The van der Waals surface area contributed by atoms with Gasteiger partial charge in [-0.25, -0.2) is 8.42 Å². The molecule has 7 heteroatoms. The zero-order chi connectivity index (χ0) is 18.1. The Bertz CT molecular complexity index is 839. The van der Waals surface area contributed by atoms with E-state index >= 15 is 0 Å². The lowest BCUT2D eigenvalue weighted by atomic mass is 9.93. The molecule has 2 aromatic carbocycles. The Morgan fingerprint density at radius 1 is 1.20 bits per heavy atom. The van der Waals surface area contributed by atoms with Crippen molar-refractivity contribution in [3.8, 4) is 5.75 Å². The highest BCUT2D eigenvalue weighted by Crippen LogP contribution is 2.30. The maximum Gasteiger partial charge on any atom is 0.243 e. The van der Waals surface area contributed by atoms with Gasteiger partial charge in [0.15, 0.2) is 0 Å². The Kier molecular flexibility index (Phi) is 5.06. The molecule has 1 heterocycles. The standard InChI is InChI=1S/C18H20ClNO4S/c1-18(21)13-20(25(22,23)16-8-3-2-4-9-16)11-10-17(18)24-15-7-5-6-14(19)12-15/h2-9,12,17,21H,10-11,13H2,1H3/t17-,18-/m0/s1. The average molecular weight is 382 g/mol. The summed E-state index contributed by atoms with van der Waals surface area (Å²) in [6.45, 7) is 1.84. The highest BCUT2D eigenvalue weighted by Gasteiger charge is 2.43. The number of β-amino-alcohol motifs (C(OH)–C–C–N with tert-alkyl or cyclic N) is 1. The fourth-order valence-corrected chi connectivity index (χ4v) is 4.70. The molecule has 1 aliphatic heterocycles. The van der Waals surface area contributed by atoms with Gasteiger partial charge in [-0.1, -0.05) is 35.9 Å². The minimum absolute atomic E-state index is 0.0323. The molecule has 1 N–H and O–H groups in total. The zero-order valence-corrected chi connectivity index (χ0v) is 15.4. The first-order valence-electron chi connectivity index (χ1n) is 7.99. The molecule has 1 aliphatic rings. The molecule has 1 saturated heterocycles. The quantitative estimate of drug-likeness (QED) is 0.884. The number of rotatable bonds is 4. The van der Waals surface area contributed by atoms with E-state index in [1.807, 2.05) is 0 Å². The molecule has 0 aliphatic carbocycles. The van der Waals surface area contributed by atoms with Crippen molar-refractivity contribution in [1.82, 2.24) is 4.31 Å². The van der Waals surface area contributed by atoms with Gasteiger partial charge in [0.2, 0.25) is 10.0 Å². The molecule has 0 aromatic heterocycles. The number of nitrogens with zero attached hydrogens (tertiary/aromatic N) is 1. The van der Waals surface area contributed by atoms with E-state index in [0.29, 0.717) is 17.2 Å². The van der Waals surface area contributed by atoms with Crippen molar-refractivity contribution in [2.24, 2.45) is 0 Å². The van der Waals surface area contributed by atoms with Crippen LogP contribution in [0.3, 0.4) is 0 Å². The molecule has 0 unspecified atom stereocenters. The Labute approximate surface area is 152 Å². The van der Waals surface area contributed by atoms with Gasteiger partial charge >= 0.3 is 0 Å². The predicted octanol–water partition coefficient (Wildman–Crippen LogP) is 2.93. The monoisotopic (exact) mass is 381 g/mol. The molecule has 5 nitrogen and oxygen atoms in total. The summed E-state index contributed by atoms with van der Waals surface area (Å²) in [4.78, 5) is 0.222. The van der Waals surface area contributed by atoms with Crippen LogP contribution in [0, 0.1) is 0 Å². The van der Waals surface area contributed by atoms with Crippen LogP contribution in [0.2, 0.25) is 5.02 Å². The molecule has 3 rings (SSSR count). The Hall–Kier alpha value is -1.60. The number of ether oxygens (including phenoxy) is 1. The van der Waals surface area contributed by atoms with Crippen LogP contribution in [0.15, 0.2) is 59.5 Å². The second kappa shape index (κ2) is 6.96. The molecular formula is C18H20ClNO4S. The van der Waals surface area contributed by atoms with Gasteiger partial charge in [0.05, 0.1) is 4.90 Å². The number of piperidine rings is 1. The Morgan fingerprint density at radius 3 is 2.56 bits per heavy atom. The molecule has 0 radical (unpaired) electrons. The summed E-state index contributed by atoms with van der Waals surface area (Å²) in [6.07, 6.45) is -0.140. The normalized spacial score (nSPS) is 24.8. The summed E-state index contributed by atoms with van der Waals surface area (Å²) in [5.41, 5.74) is -1.32. The van der Waals surface area contributed by atoms with Gasteiger partial charge in [-0.3, -0.25) is 0 Å². The minimum Gasteiger partial charge on any atom is -0.487 e. The van der Waals surface area contributed by atoms with Gasteiger partial charge in [-0.15, -0.1) is 0 Å². The van der Waals surface area contributed by atoms with E-state index in [1.165, 1.54) is 4.31 Å². The first-order chi connectivity index (χ1) is 11.8. The number of hydrogen-bond acceptors (Lipinski definition) is 4. The number of halogens is 1. The Morgan fingerprint density at radius 2 is 1.92 bits per heavy atom. The van der Waals surface area contributed by atoms with Crippen LogP contribution in [0.25, 0.3) is 0 Å². The predicted molar refractivity (Wildman–Crippen MR) is 96.3 cm³/mol. The zero-order valence-electron chi connectivity index (χ0n) is 13.8. The van der Waals surface area contributed by atoms with Gasteiger partial charge in [0, 0.05) is 24.5 Å². The number of aliphatic hydroxyl groups is 1. The summed E-state index contributed by atoms with van der Waals surface area (Å²) in [6, 6.07) is 15.2. The van der Waals surface area contributed by atoms with Crippen molar-refractivity contribution < 1.29 is 18.3 Å². The molecule has 0 spiro atoms. The van der Waals surface area contributed by atoms with E-state index in [9.17, 15) is 13.5 Å². The molecule has 0 amide bonds. The third-order valence-corrected chi connectivity index (χ3v) is 6.38. The maximum absolute atomic E-state index is 12.7. The van der Waals surface area contributed by atoms with Crippen molar-refractivity contribution >= 4 is 21.6 Å². The van der Waals surface area contributed by atoms with E-state index in [2.05, 4.69) is 0 Å². The highest BCUT2D eigenvalue weighted by molar-refractivity contribution is 7.89. The van der Waals surface area contributed by atoms with Crippen LogP contribution in [-0.2, 0) is 10.0 Å². The number of benzene rings is 2. The Balaban J connectivity index is 1.76. The van der Waals surface area contributed by atoms with Crippen LogP contribution in [0.4, 0.5) is 0 Å². The second-order valence-electron chi connectivity index (χ2n) is 6.36. The second-order valence-corrected chi connectivity index (χ2v) is 8.74. The van der Waals surface area contributed by atoms with Gasteiger partial charge < -0.3 is 9.84 Å². The lowest BCUT2D eigenvalue weighted by Crippen LogP contribution is -2.58. The van der Waals surface area contributed by atoms with E-state index in [4.69, 9.17) is 16.3 Å². The van der Waals surface area contributed by atoms with E-state index in [0.717, 1.165) is 0 Å². The number of sulfonamides is 1. The molecule has 2 aromatic rings. The maximum atomic E-state index is 12.7. The van der Waals surface area contributed by atoms with Crippen molar-refractivity contribution in [3.05, 3.63) is 59.6 Å². The van der Waals surface area contributed by atoms with Crippen molar-refractivity contribution in [2.75, 3.05) is 13.1 Å². The highest BCUT2D eigenvalue weighted by atomic mass is 35.5. The van der Waals surface area contributed by atoms with Crippen LogP contribution in [0.1, 0.15) is 13.3 Å². The number of hydrogen-bond donors (Lipinski definition) is 1. The van der Waals surface area contributed by atoms with Crippen molar-refractivity contribution in [3.63, 3.8) is 0 Å². The summed E-state index contributed by atoms with van der Waals surface area (Å²) < 4.78 is 32.7. The summed E-state index contributed by atoms with van der Waals surface area (Å²) in [7, 11) is -3.64. The topological polar surface area (TPSA) is 66.8 Å². The van der Waals surface area contributed by atoms with Gasteiger partial charge in [-0.05, 0) is 37.3 Å². The molecule has 2 atom stereocenters. The summed E-state index contributed by atoms with van der Waals surface area (Å²) >= 11 is 5.95. The van der Waals surface area contributed by atoms with Crippen molar-refractivity contribution in [1.29, 1.82) is 0 Å². The van der Waals surface area contributed by atoms with Crippen LogP contribution >= 0.6 is 11.6 Å². The third kappa shape index (κ3) is 3.98. The van der Waals surface area contributed by atoms with Crippen molar-refractivity contribution in [2.45, 2.75) is 29.9 Å².